The number of nitrogens with zero attached hydrogens (tertiary/aromatic N) is 2. The second-order valence-corrected chi connectivity index (χ2v) is 4.17. The molecule has 3 N–H and O–H groups in total. The van der Waals surface area contributed by atoms with Crippen LogP contribution in [0.15, 0.2) is 24.7 Å². The van der Waals surface area contributed by atoms with Crippen LogP contribution in [0, 0.1) is 5.82 Å². The normalized spacial score (nSPS) is 10.3. The fourth-order valence-electron chi connectivity index (χ4n) is 1.78. The Hall–Kier alpha value is -2.44. The summed E-state index contributed by atoms with van der Waals surface area (Å²) in [6.45, 7) is 0.455. The van der Waals surface area contributed by atoms with Gasteiger partial charge in [-0.3, -0.25) is 4.79 Å². The lowest BCUT2D eigenvalue weighted by atomic mass is 10.2. The van der Waals surface area contributed by atoms with Crippen molar-refractivity contribution in [3.63, 3.8) is 0 Å². The molecule has 0 unspecified atom stereocenters. The molecule has 0 atom stereocenters. The maximum absolute atomic E-state index is 13.9. The number of imidazole rings is 1. The molecule has 0 bridgehead atoms. The van der Waals surface area contributed by atoms with Crippen LogP contribution < -0.4 is 10.6 Å². The number of anilines is 1. The summed E-state index contributed by atoms with van der Waals surface area (Å²) in [5.41, 5.74) is -0.0117. The van der Waals surface area contributed by atoms with Crippen molar-refractivity contribution in [3.8, 4) is 0 Å². The van der Waals surface area contributed by atoms with E-state index in [2.05, 4.69) is 25.6 Å². The topological polar surface area (TPSA) is 82.7 Å². The summed E-state index contributed by atoms with van der Waals surface area (Å²) in [5, 5.41) is 5.28. The van der Waals surface area contributed by atoms with Gasteiger partial charge in [-0.15, -0.1) is 0 Å². The van der Waals surface area contributed by atoms with E-state index in [0.29, 0.717) is 6.54 Å². The Bertz CT molecular complexity index is 570. The van der Waals surface area contributed by atoms with Crippen LogP contribution >= 0.6 is 0 Å². The number of halogens is 1. The van der Waals surface area contributed by atoms with Crippen molar-refractivity contribution >= 4 is 11.7 Å². The average molecular weight is 277 g/mol. The molecule has 0 saturated carbocycles. The Labute approximate surface area is 115 Å². The summed E-state index contributed by atoms with van der Waals surface area (Å²) in [4.78, 5) is 22.7. The van der Waals surface area contributed by atoms with Crippen molar-refractivity contribution in [1.82, 2.24) is 20.3 Å². The van der Waals surface area contributed by atoms with Crippen LogP contribution in [0.3, 0.4) is 0 Å². The van der Waals surface area contributed by atoms with Crippen molar-refractivity contribution in [1.29, 1.82) is 0 Å². The van der Waals surface area contributed by atoms with Gasteiger partial charge in [0.25, 0.3) is 5.91 Å². The predicted octanol–water partition coefficient (Wildman–Crippen LogP) is 1.35. The van der Waals surface area contributed by atoms with Crippen molar-refractivity contribution in [2.24, 2.45) is 0 Å². The van der Waals surface area contributed by atoms with Crippen LogP contribution in [0.5, 0.6) is 0 Å². The zero-order chi connectivity index (χ0) is 14.4. The Morgan fingerprint density at radius 3 is 2.95 bits per heavy atom. The van der Waals surface area contributed by atoms with Gasteiger partial charge in [0.05, 0.1) is 5.56 Å². The molecular formula is C13H16FN5O. The van der Waals surface area contributed by atoms with Crippen LogP contribution in [-0.4, -0.2) is 34.5 Å². The first kappa shape index (κ1) is 14.0. The second kappa shape index (κ2) is 6.65. The summed E-state index contributed by atoms with van der Waals surface area (Å²) in [6, 6.07) is 1.36. The fraction of sp³-hybridized carbons (Fsp3) is 0.308. The number of rotatable bonds is 6. The maximum Gasteiger partial charge on any atom is 0.254 e. The van der Waals surface area contributed by atoms with Crippen molar-refractivity contribution < 1.29 is 9.18 Å². The van der Waals surface area contributed by atoms with Crippen molar-refractivity contribution in [3.05, 3.63) is 41.9 Å². The lowest BCUT2D eigenvalue weighted by Crippen LogP contribution is -2.26. The number of carbonyl (C=O) groups excluding carboxylic acids is 1. The zero-order valence-electron chi connectivity index (χ0n) is 11.1. The number of pyridine rings is 1. The molecule has 0 aromatic carbocycles. The van der Waals surface area contributed by atoms with Crippen LogP contribution in [0.4, 0.5) is 10.2 Å². The van der Waals surface area contributed by atoms with Crippen LogP contribution in [0.25, 0.3) is 0 Å². The van der Waals surface area contributed by atoms with Crippen molar-refractivity contribution in [2.75, 3.05) is 18.9 Å². The van der Waals surface area contributed by atoms with Crippen LogP contribution in [-0.2, 0) is 6.42 Å². The van der Waals surface area contributed by atoms with E-state index in [9.17, 15) is 9.18 Å². The van der Waals surface area contributed by atoms with E-state index in [4.69, 9.17) is 0 Å². The van der Waals surface area contributed by atoms with E-state index in [1.165, 1.54) is 12.3 Å². The number of aromatic amines is 1. The highest BCUT2D eigenvalue weighted by Crippen LogP contribution is 2.14. The second-order valence-electron chi connectivity index (χ2n) is 4.17. The SMILES string of the molecule is CNc1nccc(C(=O)NCCCc2ncc[nH]2)c1F. The van der Waals surface area contributed by atoms with Gasteiger partial charge in [-0.05, 0) is 12.5 Å². The molecule has 0 radical (unpaired) electrons. The third-order valence-corrected chi connectivity index (χ3v) is 2.80. The number of hydrogen-bond acceptors (Lipinski definition) is 4. The molecule has 0 aliphatic heterocycles. The Morgan fingerprint density at radius 2 is 2.25 bits per heavy atom. The third-order valence-electron chi connectivity index (χ3n) is 2.80. The molecule has 0 spiro atoms. The molecule has 2 heterocycles. The molecule has 1 amide bonds. The first-order valence-corrected chi connectivity index (χ1v) is 6.31. The average Bonchev–Trinajstić information content (AvgIpc) is 2.97. The minimum atomic E-state index is -0.640. The standard InChI is InChI=1S/C13H16FN5O/c1-15-12-11(14)9(4-6-18-12)13(20)19-5-2-3-10-16-7-8-17-10/h4,6-8H,2-3,5H2,1H3,(H,15,18)(H,16,17)(H,19,20). The molecule has 2 rings (SSSR count). The van der Waals surface area contributed by atoms with Crippen molar-refractivity contribution in [2.45, 2.75) is 12.8 Å². The molecule has 2 aromatic heterocycles. The Balaban J connectivity index is 1.86. The highest BCUT2D eigenvalue weighted by Gasteiger charge is 2.14. The first-order chi connectivity index (χ1) is 9.72. The smallest absolute Gasteiger partial charge is 0.254 e. The summed E-state index contributed by atoms with van der Waals surface area (Å²) >= 11 is 0. The minimum absolute atomic E-state index is 0.0117. The first-order valence-electron chi connectivity index (χ1n) is 6.31. The Kier molecular flexibility index (Phi) is 4.65. The highest BCUT2D eigenvalue weighted by molar-refractivity contribution is 5.95. The molecule has 2 aromatic rings. The minimum Gasteiger partial charge on any atom is -0.371 e. The van der Waals surface area contributed by atoms with Gasteiger partial charge in [0.15, 0.2) is 11.6 Å². The van der Waals surface area contributed by atoms with Gasteiger partial charge in [0.1, 0.15) is 5.82 Å². The quantitative estimate of drug-likeness (QED) is 0.696. The number of aryl methyl sites for hydroxylation is 1. The Morgan fingerprint density at radius 1 is 1.40 bits per heavy atom. The number of carbonyl (C=O) groups is 1. The lowest BCUT2D eigenvalue weighted by Gasteiger charge is -2.07. The number of nitrogens with one attached hydrogen (secondary N) is 3. The zero-order valence-corrected chi connectivity index (χ0v) is 11.1. The van der Waals surface area contributed by atoms with E-state index in [1.807, 2.05) is 0 Å². The summed E-state index contributed by atoms with van der Waals surface area (Å²) in [5.74, 6) is -0.153. The summed E-state index contributed by atoms with van der Waals surface area (Å²) < 4.78 is 13.9. The van der Waals surface area contributed by atoms with Crippen LogP contribution in [0.2, 0.25) is 0 Å². The molecule has 20 heavy (non-hydrogen) atoms. The molecule has 0 aliphatic rings. The fourth-order valence-corrected chi connectivity index (χ4v) is 1.78. The van der Waals surface area contributed by atoms with Gasteiger partial charge in [0.2, 0.25) is 0 Å². The van der Waals surface area contributed by atoms with E-state index in [0.717, 1.165) is 18.7 Å². The molecule has 0 fully saturated rings. The van der Waals surface area contributed by atoms with Gasteiger partial charge < -0.3 is 15.6 Å². The molecule has 106 valence electrons. The van der Waals surface area contributed by atoms with Crippen LogP contribution in [0.1, 0.15) is 22.6 Å². The third kappa shape index (κ3) is 3.31. The molecule has 6 nitrogen and oxygen atoms in total. The monoisotopic (exact) mass is 277 g/mol. The number of aromatic nitrogens is 3. The largest absolute Gasteiger partial charge is 0.371 e. The van der Waals surface area contributed by atoms with E-state index < -0.39 is 11.7 Å². The van der Waals surface area contributed by atoms with Gasteiger partial charge >= 0.3 is 0 Å². The molecular weight excluding hydrogens is 261 g/mol. The maximum atomic E-state index is 13.9. The summed E-state index contributed by atoms with van der Waals surface area (Å²) in [7, 11) is 1.55. The van der Waals surface area contributed by atoms with E-state index in [-0.39, 0.29) is 11.4 Å². The highest BCUT2D eigenvalue weighted by atomic mass is 19.1. The number of amides is 1. The van der Waals surface area contributed by atoms with E-state index >= 15 is 0 Å². The number of hydrogen-bond donors (Lipinski definition) is 3. The van der Waals surface area contributed by atoms with Gasteiger partial charge in [-0.2, -0.15) is 0 Å². The van der Waals surface area contributed by atoms with E-state index in [1.54, 1.807) is 19.4 Å². The van der Waals surface area contributed by atoms with Gasteiger partial charge in [0, 0.05) is 38.6 Å². The molecule has 0 aliphatic carbocycles. The predicted molar refractivity (Wildman–Crippen MR) is 73.0 cm³/mol. The van der Waals surface area contributed by atoms with Gasteiger partial charge in [-0.1, -0.05) is 0 Å². The molecule has 0 saturated heterocycles. The summed E-state index contributed by atoms with van der Waals surface area (Å²) in [6.07, 6.45) is 6.28. The lowest BCUT2D eigenvalue weighted by molar-refractivity contribution is 0.0949. The molecule has 7 heteroatoms. The number of H-pyrrole nitrogens is 1. The van der Waals surface area contributed by atoms with Gasteiger partial charge in [-0.25, -0.2) is 14.4 Å².